The van der Waals surface area contributed by atoms with Crippen molar-refractivity contribution in [2.75, 3.05) is 0 Å². The Morgan fingerprint density at radius 1 is 0.963 bits per heavy atom. The van der Waals surface area contributed by atoms with Crippen molar-refractivity contribution >= 4 is 0 Å². The van der Waals surface area contributed by atoms with Crippen molar-refractivity contribution in [3.8, 4) is 11.8 Å². The Morgan fingerprint density at radius 2 is 1.63 bits per heavy atom. The number of hydrogen-bond donors (Lipinski definition) is 0. The average molecular weight is 357 g/mol. The van der Waals surface area contributed by atoms with Gasteiger partial charge in [0.2, 0.25) is 0 Å². The molecule has 2 aromatic carbocycles. The Kier molecular flexibility index (Phi) is 6.94. The number of rotatable bonds is 5. The topological polar surface area (TPSA) is 0 Å². The number of aryl methyl sites for hydroxylation is 1. The number of allylic oxidation sites excluding steroid dienone is 1. The van der Waals surface area contributed by atoms with E-state index in [1.54, 1.807) is 0 Å². The molecule has 1 aliphatic carbocycles. The van der Waals surface area contributed by atoms with E-state index in [2.05, 4.69) is 80.8 Å². The molecule has 2 aromatic rings. The molecule has 0 aliphatic heterocycles. The summed E-state index contributed by atoms with van der Waals surface area (Å²) in [7, 11) is 0. The maximum absolute atomic E-state index is 3.94. The van der Waals surface area contributed by atoms with Crippen molar-refractivity contribution < 1.29 is 0 Å². The largest absolute Gasteiger partial charge is 0.102 e. The van der Waals surface area contributed by atoms with E-state index in [9.17, 15) is 0 Å². The van der Waals surface area contributed by atoms with Crippen LogP contribution >= 0.6 is 0 Å². The molecule has 3 rings (SSSR count). The van der Waals surface area contributed by atoms with Gasteiger partial charge in [0.25, 0.3) is 0 Å². The van der Waals surface area contributed by atoms with Crippen molar-refractivity contribution in [3.05, 3.63) is 83.4 Å². The van der Waals surface area contributed by atoms with E-state index >= 15 is 0 Å². The highest BCUT2D eigenvalue weighted by atomic mass is 14.2. The number of benzene rings is 2. The van der Waals surface area contributed by atoms with Crippen LogP contribution in [0.1, 0.15) is 80.0 Å². The molecule has 1 atom stereocenters. The highest BCUT2D eigenvalue weighted by molar-refractivity contribution is 5.38. The highest BCUT2D eigenvalue weighted by Gasteiger charge is 2.21. The van der Waals surface area contributed by atoms with Crippen LogP contribution in [0.5, 0.6) is 0 Å². The van der Waals surface area contributed by atoms with Crippen molar-refractivity contribution in [2.45, 2.75) is 64.2 Å². The second-order valence-corrected chi connectivity index (χ2v) is 7.79. The van der Waals surface area contributed by atoms with Gasteiger partial charge in [-0.15, -0.1) is 6.58 Å². The van der Waals surface area contributed by atoms with Crippen LogP contribution in [0.25, 0.3) is 0 Å². The van der Waals surface area contributed by atoms with Crippen molar-refractivity contribution in [1.29, 1.82) is 0 Å². The zero-order valence-corrected chi connectivity index (χ0v) is 16.9. The Balaban J connectivity index is 1.55. The molecule has 1 aliphatic rings. The summed E-state index contributed by atoms with van der Waals surface area (Å²) >= 11 is 0. The van der Waals surface area contributed by atoms with Crippen LogP contribution in [0.15, 0.2) is 61.2 Å². The van der Waals surface area contributed by atoms with Crippen LogP contribution in [-0.2, 0) is 6.42 Å². The Labute approximate surface area is 165 Å². The van der Waals surface area contributed by atoms with Gasteiger partial charge in [0.05, 0.1) is 0 Å². The first kappa shape index (κ1) is 19.5. The van der Waals surface area contributed by atoms with Crippen LogP contribution in [0.2, 0.25) is 0 Å². The van der Waals surface area contributed by atoms with Crippen molar-refractivity contribution in [2.24, 2.45) is 5.92 Å². The predicted molar refractivity (Wildman–Crippen MR) is 117 cm³/mol. The standard InChI is InChI=1S/C27H32/c1-4-21-9-15-26(16-10-21)27-19-13-23(14-20-27)8-7-22-11-17-25(18-12-22)24(5-2)6-3/h5,9-12,15-18,23-24,27H,2,4,6,13-14,19-20H2,1,3H3/t23-,24?,27-. The van der Waals surface area contributed by atoms with E-state index in [0.717, 1.165) is 24.3 Å². The Bertz CT molecular complexity index is 775. The Morgan fingerprint density at radius 3 is 2.19 bits per heavy atom. The molecule has 27 heavy (non-hydrogen) atoms. The molecule has 0 bridgehead atoms. The quantitative estimate of drug-likeness (QED) is 0.391. The van der Waals surface area contributed by atoms with Crippen LogP contribution in [-0.4, -0.2) is 0 Å². The van der Waals surface area contributed by atoms with Gasteiger partial charge in [-0.3, -0.25) is 0 Å². The van der Waals surface area contributed by atoms with Crippen LogP contribution in [0.4, 0.5) is 0 Å². The van der Waals surface area contributed by atoms with Gasteiger partial charge in [0.15, 0.2) is 0 Å². The van der Waals surface area contributed by atoms with Gasteiger partial charge in [-0.2, -0.15) is 0 Å². The van der Waals surface area contributed by atoms with Gasteiger partial charge in [-0.25, -0.2) is 0 Å². The Hall–Kier alpha value is -2.26. The van der Waals surface area contributed by atoms with E-state index in [4.69, 9.17) is 0 Å². The molecule has 0 saturated heterocycles. The first-order valence-electron chi connectivity index (χ1n) is 10.6. The fourth-order valence-electron chi connectivity index (χ4n) is 4.13. The van der Waals surface area contributed by atoms with Gasteiger partial charge < -0.3 is 0 Å². The molecule has 0 nitrogen and oxygen atoms in total. The van der Waals surface area contributed by atoms with Crippen molar-refractivity contribution in [3.63, 3.8) is 0 Å². The summed E-state index contributed by atoms with van der Waals surface area (Å²) < 4.78 is 0. The average Bonchev–Trinajstić information content (AvgIpc) is 2.74. The molecular weight excluding hydrogens is 324 g/mol. The minimum Gasteiger partial charge on any atom is -0.102 e. The summed E-state index contributed by atoms with van der Waals surface area (Å²) in [6, 6.07) is 18.0. The molecule has 0 radical (unpaired) electrons. The summed E-state index contributed by atoms with van der Waals surface area (Å²) in [6.45, 7) is 8.36. The van der Waals surface area contributed by atoms with E-state index < -0.39 is 0 Å². The fraction of sp³-hybridized carbons (Fsp3) is 0.407. The summed E-state index contributed by atoms with van der Waals surface area (Å²) in [6.07, 6.45) is 9.23. The first-order valence-corrected chi connectivity index (χ1v) is 10.6. The molecule has 1 fully saturated rings. The van der Waals surface area contributed by atoms with Gasteiger partial charge in [0.1, 0.15) is 0 Å². The maximum atomic E-state index is 3.94. The number of hydrogen-bond acceptors (Lipinski definition) is 0. The van der Waals surface area contributed by atoms with E-state index in [0.29, 0.717) is 11.8 Å². The zero-order valence-electron chi connectivity index (χ0n) is 16.9. The second-order valence-electron chi connectivity index (χ2n) is 7.79. The third-order valence-corrected chi connectivity index (χ3v) is 6.07. The van der Waals surface area contributed by atoms with Crippen LogP contribution in [0, 0.1) is 17.8 Å². The van der Waals surface area contributed by atoms with E-state index in [1.807, 2.05) is 6.08 Å². The molecule has 140 valence electrons. The lowest BCUT2D eigenvalue weighted by atomic mass is 9.79. The van der Waals surface area contributed by atoms with Gasteiger partial charge >= 0.3 is 0 Å². The summed E-state index contributed by atoms with van der Waals surface area (Å²) in [4.78, 5) is 0. The molecule has 1 saturated carbocycles. The van der Waals surface area contributed by atoms with Gasteiger partial charge in [-0.1, -0.05) is 68.2 Å². The molecule has 0 spiro atoms. The summed E-state index contributed by atoms with van der Waals surface area (Å²) in [5.74, 6) is 8.67. The van der Waals surface area contributed by atoms with Gasteiger partial charge in [0, 0.05) is 17.4 Å². The summed E-state index contributed by atoms with van der Waals surface area (Å²) in [5.41, 5.74) is 5.42. The molecule has 0 aromatic heterocycles. The SMILES string of the molecule is C=CC(CC)c1ccc(C#C[C@H]2CC[C@H](c3ccc(CC)cc3)CC2)cc1. The first-order chi connectivity index (χ1) is 13.2. The second kappa shape index (κ2) is 9.61. The molecule has 1 unspecified atom stereocenters. The maximum Gasteiger partial charge on any atom is 0.0245 e. The highest BCUT2D eigenvalue weighted by Crippen LogP contribution is 2.35. The third kappa shape index (κ3) is 5.14. The van der Waals surface area contributed by atoms with Crippen LogP contribution in [0.3, 0.4) is 0 Å². The van der Waals surface area contributed by atoms with Gasteiger partial charge in [-0.05, 0) is 73.3 Å². The molecular formula is C27H32. The normalized spacial score (nSPS) is 20.4. The zero-order chi connectivity index (χ0) is 19.1. The minimum atomic E-state index is 0.452. The fourth-order valence-corrected chi connectivity index (χ4v) is 4.13. The molecule has 0 heterocycles. The molecule has 0 N–H and O–H groups in total. The lowest BCUT2D eigenvalue weighted by molar-refractivity contribution is 0.384. The van der Waals surface area contributed by atoms with E-state index in [1.165, 1.54) is 42.4 Å². The smallest absolute Gasteiger partial charge is 0.0245 e. The monoisotopic (exact) mass is 356 g/mol. The lowest BCUT2D eigenvalue weighted by Gasteiger charge is -2.26. The lowest BCUT2D eigenvalue weighted by Crippen LogP contribution is -2.12. The van der Waals surface area contributed by atoms with E-state index in [-0.39, 0.29) is 0 Å². The third-order valence-electron chi connectivity index (χ3n) is 6.07. The summed E-state index contributed by atoms with van der Waals surface area (Å²) in [5, 5.41) is 0. The molecule has 0 amide bonds. The van der Waals surface area contributed by atoms with Crippen LogP contribution < -0.4 is 0 Å². The predicted octanol–water partition coefficient (Wildman–Crippen LogP) is 7.25. The minimum absolute atomic E-state index is 0.452. The van der Waals surface area contributed by atoms with Crippen molar-refractivity contribution in [1.82, 2.24) is 0 Å². The molecule has 0 heteroatoms.